The minimum absolute atomic E-state index is 0.0128. The highest BCUT2D eigenvalue weighted by molar-refractivity contribution is 6.00. The van der Waals surface area contributed by atoms with Gasteiger partial charge in [0.05, 0.1) is 16.7 Å². The smallest absolute Gasteiger partial charge is 0.270 e. The molecular formula is C17H12N4O3. The second-order valence-electron chi connectivity index (χ2n) is 5.48. The highest BCUT2D eigenvalue weighted by Gasteiger charge is 2.35. The zero-order valence-electron chi connectivity index (χ0n) is 12.4. The number of aromatic amines is 1. The van der Waals surface area contributed by atoms with Crippen LogP contribution in [0.15, 0.2) is 54.6 Å². The van der Waals surface area contributed by atoms with Crippen LogP contribution in [0, 0.1) is 10.1 Å². The molecule has 2 heterocycles. The molecule has 7 heteroatoms. The molecule has 2 N–H and O–H groups in total. The standard InChI is InChI=1S/C17H12N4O3/c22-17-16-13(15(19-20-16)10-4-2-1-3-5-10)14(18-17)11-6-8-12(9-7-11)21(23)24/h1-9,14H,(H,18,22)(H,19,20). The van der Waals surface area contributed by atoms with Crippen molar-refractivity contribution in [2.75, 3.05) is 0 Å². The van der Waals surface area contributed by atoms with Crippen molar-refractivity contribution in [3.05, 3.63) is 81.5 Å². The Kier molecular flexibility index (Phi) is 3.13. The van der Waals surface area contributed by atoms with Crippen molar-refractivity contribution in [2.24, 2.45) is 0 Å². The number of fused-ring (bicyclic) bond motifs is 1. The van der Waals surface area contributed by atoms with Crippen molar-refractivity contribution in [3.8, 4) is 11.3 Å². The summed E-state index contributed by atoms with van der Waals surface area (Å²) >= 11 is 0. The van der Waals surface area contributed by atoms with E-state index in [0.717, 1.165) is 16.7 Å². The summed E-state index contributed by atoms with van der Waals surface area (Å²) in [4.78, 5) is 22.5. The summed E-state index contributed by atoms with van der Waals surface area (Å²) in [6, 6.07) is 15.3. The molecule has 1 aliphatic heterocycles. The zero-order chi connectivity index (χ0) is 16.7. The summed E-state index contributed by atoms with van der Waals surface area (Å²) in [5.74, 6) is -0.233. The van der Waals surface area contributed by atoms with Crippen LogP contribution in [-0.2, 0) is 0 Å². The van der Waals surface area contributed by atoms with Crippen LogP contribution >= 0.6 is 0 Å². The lowest BCUT2D eigenvalue weighted by Gasteiger charge is -2.13. The first-order valence-corrected chi connectivity index (χ1v) is 7.34. The van der Waals surface area contributed by atoms with E-state index >= 15 is 0 Å². The van der Waals surface area contributed by atoms with E-state index in [2.05, 4.69) is 15.5 Å². The SMILES string of the molecule is O=C1NC(c2ccc([N+](=O)[O-])cc2)c2c(-c3ccccc3)n[nH]c21. The molecule has 1 aliphatic rings. The Bertz CT molecular complexity index is 932. The van der Waals surface area contributed by atoms with Crippen LogP contribution in [0.1, 0.15) is 27.7 Å². The van der Waals surface area contributed by atoms with Gasteiger partial charge in [0.15, 0.2) is 0 Å². The highest BCUT2D eigenvalue weighted by Crippen LogP contribution is 2.37. The van der Waals surface area contributed by atoms with E-state index in [0.29, 0.717) is 11.4 Å². The lowest BCUT2D eigenvalue weighted by atomic mass is 9.97. The van der Waals surface area contributed by atoms with Crippen LogP contribution < -0.4 is 5.32 Å². The number of non-ortho nitro benzene ring substituents is 1. The third kappa shape index (κ3) is 2.14. The number of aromatic nitrogens is 2. The van der Waals surface area contributed by atoms with Crippen LogP contribution in [0.5, 0.6) is 0 Å². The minimum Gasteiger partial charge on any atom is -0.340 e. The second kappa shape index (κ2) is 5.31. The van der Waals surface area contributed by atoms with Crippen molar-refractivity contribution in [3.63, 3.8) is 0 Å². The maximum atomic E-state index is 12.2. The number of nitrogens with one attached hydrogen (secondary N) is 2. The third-order valence-corrected chi connectivity index (χ3v) is 4.08. The molecule has 1 amide bonds. The fourth-order valence-electron chi connectivity index (χ4n) is 2.93. The topological polar surface area (TPSA) is 101 Å². The number of rotatable bonds is 3. The van der Waals surface area contributed by atoms with E-state index in [9.17, 15) is 14.9 Å². The molecule has 2 aromatic carbocycles. The van der Waals surface area contributed by atoms with Gasteiger partial charge in [0.25, 0.3) is 11.6 Å². The average molecular weight is 320 g/mol. The van der Waals surface area contributed by atoms with Gasteiger partial charge in [0.1, 0.15) is 5.69 Å². The van der Waals surface area contributed by atoms with E-state index in [4.69, 9.17) is 0 Å². The number of nitro groups is 1. The van der Waals surface area contributed by atoms with E-state index in [1.807, 2.05) is 30.3 Å². The van der Waals surface area contributed by atoms with Crippen LogP contribution in [0.2, 0.25) is 0 Å². The molecule has 0 saturated carbocycles. The molecule has 7 nitrogen and oxygen atoms in total. The number of nitrogens with zero attached hydrogens (tertiary/aromatic N) is 2. The normalized spacial score (nSPS) is 15.8. The van der Waals surface area contributed by atoms with Gasteiger partial charge >= 0.3 is 0 Å². The maximum Gasteiger partial charge on any atom is 0.270 e. The Morgan fingerprint density at radius 2 is 1.75 bits per heavy atom. The zero-order valence-corrected chi connectivity index (χ0v) is 12.4. The Balaban J connectivity index is 1.80. The van der Waals surface area contributed by atoms with Gasteiger partial charge in [-0.05, 0) is 17.7 Å². The number of H-pyrrole nitrogens is 1. The number of carbonyl (C=O) groups excluding carboxylic acids is 1. The van der Waals surface area contributed by atoms with Crippen LogP contribution in [0.4, 0.5) is 5.69 Å². The molecule has 0 saturated heterocycles. The number of benzene rings is 2. The average Bonchev–Trinajstić information content (AvgIpc) is 3.17. The summed E-state index contributed by atoms with van der Waals surface area (Å²) in [6.45, 7) is 0. The lowest BCUT2D eigenvalue weighted by Crippen LogP contribution is -2.21. The fraction of sp³-hybridized carbons (Fsp3) is 0.0588. The van der Waals surface area contributed by atoms with Crippen LogP contribution in [0.25, 0.3) is 11.3 Å². The fourth-order valence-corrected chi connectivity index (χ4v) is 2.93. The number of amides is 1. The number of hydrogen-bond donors (Lipinski definition) is 2. The van der Waals surface area contributed by atoms with E-state index in [-0.39, 0.29) is 17.6 Å². The first-order valence-electron chi connectivity index (χ1n) is 7.34. The lowest BCUT2D eigenvalue weighted by molar-refractivity contribution is -0.384. The van der Waals surface area contributed by atoms with Crippen molar-refractivity contribution in [2.45, 2.75) is 6.04 Å². The van der Waals surface area contributed by atoms with Gasteiger partial charge < -0.3 is 5.32 Å². The van der Waals surface area contributed by atoms with Crippen LogP contribution in [0.3, 0.4) is 0 Å². The predicted molar refractivity (Wildman–Crippen MR) is 86.4 cm³/mol. The number of carbonyl (C=O) groups is 1. The van der Waals surface area contributed by atoms with Crippen molar-refractivity contribution in [1.82, 2.24) is 15.5 Å². The molecule has 3 aromatic rings. The molecule has 0 fully saturated rings. The largest absolute Gasteiger partial charge is 0.340 e. The molecule has 24 heavy (non-hydrogen) atoms. The van der Waals surface area contributed by atoms with Gasteiger partial charge in [0, 0.05) is 23.3 Å². The van der Waals surface area contributed by atoms with E-state index in [1.165, 1.54) is 12.1 Å². The molecule has 1 unspecified atom stereocenters. The summed E-state index contributed by atoms with van der Waals surface area (Å²) in [5.41, 5.74) is 3.58. The molecule has 1 atom stereocenters. The second-order valence-corrected chi connectivity index (χ2v) is 5.48. The molecule has 0 bridgehead atoms. The summed E-state index contributed by atoms with van der Waals surface area (Å²) in [5, 5.41) is 20.8. The van der Waals surface area contributed by atoms with Gasteiger partial charge in [-0.1, -0.05) is 30.3 Å². The summed E-state index contributed by atoms with van der Waals surface area (Å²) in [6.07, 6.45) is 0. The molecule has 0 radical (unpaired) electrons. The molecule has 0 aliphatic carbocycles. The first-order chi connectivity index (χ1) is 11.6. The molecule has 1 aromatic heterocycles. The Morgan fingerprint density at radius 1 is 1.04 bits per heavy atom. The third-order valence-electron chi connectivity index (χ3n) is 4.08. The summed E-state index contributed by atoms with van der Waals surface area (Å²) in [7, 11) is 0. The monoisotopic (exact) mass is 320 g/mol. The quantitative estimate of drug-likeness (QED) is 0.572. The predicted octanol–water partition coefficient (Wildman–Crippen LogP) is 2.82. The molecule has 4 rings (SSSR count). The Morgan fingerprint density at radius 3 is 2.42 bits per heavy atom. The number of hydrogen-bond acceptors (Lipinski definition) is 4. The van der Waals surface area contributed by atoms with Gasteiger partial charge in [-0.25, -0.2) is 0 Å². The van der Waals surface area contributed by atoms with Crippen molar-refractivity contribution >= 4 is 11.6 Å². The van der Waals surface area contributed by atoms with Gasteiger partial charge in [0.2, 0.25) is 0 Å². The van der Waals surface area contributed by atoms with Crippen molar-refractivity contribution in [1.29, 1.82) is 0 Å². The van der Waals surface area contributed by atoms with Gasteiger partial charge in [-0.15, -0.1) is 0 Å². The highest BCUT2D eigenvalue weighted by atomic mass is 16.6. The van der Waals surface area contributed by atoms with Crippen LogP contribution in [-0.4, -0.2) is 21.0 Å². The van der Waals surface area contributed by atoms with Crippen molar-refractivity contribution < 1.29 is 9.72 Å². The van der Waals surface area contributed by atoms with Gasteiger partial charge in [-0.3, -0.25) is 20.0 Å². The summed E-state index contributed by atoms with van der Waals surface area (Å²) < 4.78 is 0. The molecule has 0 spiro atoms. The molecular weight excluding hydrogens is 308 g/mol. The van der Waals surface area contributed by atoms with E-state index < -0.39 is 4.92 Å². The van der Waals surface area contributed by atoms with Gasteiger partial charge in [-0.2, -0.15) is 5.10 Å². The maximum absolute atomic E-state index is 12.2. The first kappa shape index (κ1) is 14.1. The Labute approximate surface area is 136 Å². The Hall–Kier alpha value is -3.48. The number of nitro benzene ring substituents is 1. The molecule has 118 valence electrons. The van der Waals surface area contributed by atoms with E-state index in [1.54, 1.807) is 12.1 Å². The minimum atomic E-state index is -0.449.